The molecular weight excluding hydrogens is 881 g/mol. The van der Waals surface area contributed by atoms with Crippen LogP contribution in [0.4, 0.5) is 0 Å². The quantitative estimate of drug-likeness (QED) is 0.0292. The van der Waals surface area contributed by atoms with Crippen molar-refractivity contribution in [2.24, 2.45) is 0 Å². The van der Waals surface area contributed by atoms with Gasteiger partial charge in [-0.2, -0.15) is 0 Å². The van der Waals surface area contributed by atoms with Crippen molar-refractivity contribution in [3.05, 3.63) is 0 Å². The van der Waals surface area contributed by atoms with E-state index in [9.17, 15) is 19.5 Å². The smallest absolute Gasteiger partial charge is 0.306 e. The Kier molecular flexibility index (Phi) is 67.6. The molecule has 0 rings (SSSR count). The van der Waals surface area contributed by atoms with Gasteiger partial charge in [0.05, 0.1) is 19.8 Å². The molecule has 1 atom stereocenters. The fraction of sp³-hybridized carbons (Fsp3) is 0.950. The van der Waals surface area contributed by atoms with Crippen molar-refractivity contribution in [3.63, 3.8) is 0 Å². The van der Waals surface area contributed by atoms with Gasteiger partial charge < -0.3 is 35.0 Å². The number of carboxylic acids is 1. The Morgan fingerprint density at radius 2 is 0.557 bits per heavy atom. The van der Waals surface area contributed by atoms with Crippen molar-refractivity contribution < 1.29 is 49.4 Å². The van der Waals surface area contributed by atoms with Crippen LogP contribution in [-0.4, -0.2) is 82.1 Å². The Hall–Kier alpha value is -1.75. The number of carboxylic acid groups (broad SMARTS) is 1. The van der Waals surface area contributed by atoms with Crippen molar-refractivity contribution in [3.8, 4) is 0 Å². The van der Waals surface area contributed by atoms with Gasteiger partial charge in [-0.05, 0) is 19.3 Å². The maximum absolute atomic E-state index is 12.1. The molecule has 1 unspecified atom stereocenters. The highest BCUT2D eigenvalue weighted by atomic mass is 16.6. The number of aliphatic hydroxyl groups excluding tert-OH is 4. The lowest BCUT2D eigenvalue weighted by Gasteiger charge is -2.15. The largest absolute Gasteiger partial charge is 0.481 e. The van der Waals surface area contributed by atoms with Crippen molar-refractivity contribution in [1.29, 1.82) is 0 Å². The minimum absolute atomic E-state index is 0.0569. The Bertz CT molecular complexity index is 1010. The summed E-state index contributed by atoms with van der Waals surface area (Å²) in [5.41, 5.74) is 0. The Morgan fingerprint density at radius 1 is 0.329 bits per heavy atom. The number of ether oxygens (including phenoxy) is 2. The second kappa shape index (κ2) is 65.3. The molecule has 0 radical (unpaired) electrons. The summed E-state index contributed by atoms with van der Waals surface area (Å²) < 4.78 is 10.6. The van der Waals surface area contributed by atoms with E-state index >= 15 is 0 Å². The Labute approximate surface area is 433 Å². The van der Waals surface area contributed by atoms with Gasteiger partial charge in [0, 0.05) is 19.3 Å². The molecule has 10 heteroatoms. The van der Waals surface area contributed by atoms with Crippen LogP contribution in [0.25, 0.3) is 0 Å². The molecule has 0 aromatic carbocycles. The lowest BCUT2D eigenvalue weighted by molar-refractivity contribution is -0.161. The zero-order valence-electron chi connectivity index (χ0n) is 46.7. The molecule has 0 saturated carbocycles. The van der Waals surface area contributed by atoms with Crippen molar-refractivity contribution in [1.82, 2.24) is 0 Å². The van der Waals surface area contributed by atoms with Gasteiger partial charge in [-0.3, -0.25) is 14.4 Å². The van der Waals surface area contributed by atoms with Crippen LogP contribution in [0.5, 0.6) is 0 Å². The highest BCUT2D eigenvalue weighted by Gasteiger charge is 2.16. The summed E-state index contributed by atoms with van der Waals surface area (Å²) in [7, 11) is 0. The fourth-order valence-corrected chi connectivity index (χ4v) is 8.61. The third-order valence-electron chi connectivity index (χ3n) is 13.3. The summed E-state index contributed by atoms with van der Waals surface area (Å²) in [5, 5.41) is 42.1. The van der Waals surface area contributed by atoms with Crippen molar-refractivity contribution >= 4 is 17.9 Å². The number of hydrogen-bond donors (Lipinski definition) is 5. The van der Waals surface area contributed by atoms with Crippen LogP contribution < -0.4 is 0 Å². The molecule has 70 heavy (non-hydrogen) atoms. The van der Waals surface area contributed by atoms with Crippen molar-refractivity contribution in [2.75, 3.05) is 26.4 Å². The van der Waals surface area contributed by atoms with E-state index in [-0.39, 0.29) is 38.4 Å². The molecule has 5 N–H and O–H groups in total. The van der Waals surface area contributed by atoms with Crippen LogP contribution in [0.1, 0.15) is 329 Å². The Balaban J connectivity index is -0.00000142. The van der Waals surface area contributed by atoms with Gasteiger partial charge in [0.15, 0.2) is 6.10 Å². The molecule has 0 amide bonds. The topological polar surface area (TPSA) is 171 Å². The molecule has 0 bridgehead atoms. The van der Waals surface area contributed by atoms with Crippen molar-refractivity contribution in [2.45, 2.75) is 341 Å². The maximum atomic E-state index is 12.1. The van der Waals surface area contributed by atoms with Crippen LogP contribution in [0.3, 0.4) is 0 Å². The highest BCUT2D eigenvalue weighted by Crippen LogP contribution is 2.17. The van der Waals surface area contributed by atoms with Gasteiger partial charge in [-0.1, -0.05) is 290 Å². The highest BCUT2D eigenvalue weighted by molar-refractivity contribution is 5.70. The molecule has 0 aliphatic rings. The molecule has 420 valence electrons. The first-order chi connectivity index (χ1) is 34.2. The van der Waals surface area contributed by atoms with E-state index in [0.29, 0.717) is 19.3 Å². The van der Waals surface area contributed by atoms with Gasteiger partial charge in [0.25, 0.3) is 0 Å². The third kappa shape index (κ3) is 68.3. The summed E-state index contributed by atoms with van der Waals surface area (Å²) >= 11 is 0. The fourth-order valence-electron chi connectivity index (χ4n) is 8.61. The molecule has 10 nitrogen and oxygen atoms in total. The summed E-state index contributed by atoms with van der Waals surface area (Å²) in [5.74, 6) is -1.23. The number of carbonyl (C=O) groups excluding carboxylic acids is 2. The number of esters is 2. The number of aliphatic hydroxyl groups is 4. The lowest BCUT2D eigenvalue weighted by Crippen LogP contribution is -2.28. The molecular formula is C60H120O10. The second-order valence-corrected chi connectivity index (χ2v) is 20.5. The van der Waals surface area contributed by atoms with Crippen LogP contribution in [0.15, 0.2) is 0 Å². The summed E-state index contributed by atoms with van der Waals surface area (Å²) in [6.07, 6.45) is 58.0. The maximum Gasteiger partial charge on any atom is 0.306 e. The average Bonchev–Trinajstić information content (AvgIpc) is 3.36. The first-order valence-corrected chi connectivity index (χ1v) is 30.3. The van der Waals surface area contributed by atoms with Crippen LogP contribution in [0.2, 0.25) is 0 Å². The summed E-state index contributed by atoms with van der Waals surface area (Å²) in [6, 6.07) is 0. The van der Waals surface area contributed by atoms with Gasteiger partial charge >= 0.3 is 17.9 Å². The second-order valence-electron chi connectivity index (χ2n) is 20.5. The minimum Gasteiger partial charge on any atom is -0.481 e. The van der Waals surface area contributed by atoms with E-state index in [0.717, 1.165) is 44.9 Å². The number of hydrogen-bond acceptors (Lipinski definition) is 9. The molecule has 0 fully saturated rings. The Morgan fingerprint density at radius 3 is 0.771 bits per heavy atom. The number of rotatable bonds is 54. The van der Waals surface area contributed by atoms with Crippen LogP contribution in [0, 0.1) is 0 Å². The molecule has 0 aromatic rings. The first kappa shape index (κ1) is 72.5. The molecule has 0 spiro atoms. The number of unbranched alkanes of at least 4 members (excludes halogenated alkanes) is 42. The lowest BCUT2D eigenvalue weighted by atomic mass is 10.0. The van der Waals surface area contributed by atoms with E-state index < -0.39 is 18.2 Å². The third-order valence-corrected chi connectivity index (χ3v) is 13.3. The van der Waals surface area contributed by atoms with Crippen LogP contribution >= 0.6 is 0 Å². The monoisotopic (exact) mass is 1000 g/mol. The SMILES string of the molecule is CCCCCCCCCCCCCCCCCC(=O)O.CCCCCCCCCCCCCCCCCC(=O)OCC(CO)OC(=O)CCCCCCCCCCCCCCCCC.OCC(O)CO. The minimum atomic E-state index is -0.954. The zero-order chi connectivity index (χ0) is 52.1. The summed E-state index contributed by atoms with van der Waals surface area (Å²) in [6.45, 7) is 5.70. The molecule has 0 aliphatic carbocycles. The van der Waals surface area contributed by atoms with E-state index in [4.69, 9.17) is 29.9 Å². The van der Waals surface area contributed by atoms with Gasteiger partial charge in [-0.15, -0.1) is 0 Å². The molecule has 0 aromatic heterocycles. The van der Waals surface area contributed by atoms with E-state index in [1.807, 2.05) is 0 Å². The first-order valence-electron chi connectivity index (χ1n) is 30.3. The molecule has 0 heterocycles. The number of aliphatic carboxylic acids is 1. The van der Waals surface area contributed by atoms with Gasteiger partial charge in [-0.25, -0.2) is 0 Å². The predicted molar refractivity (Wildman–Crippen MR) is 294 cm³/mol. The number of carbonyl (C=O) groups is 3. The zero-order valence-corrected chi connectivity index (χ0v) is 46.7. The molecule has 0 saturated heterocycles. The van der Waals surface area contributed by atoms with E-state index in [1.165, 1.54) is 244 Å². The molecule has 0 aliphatic heterocycles. The van der Waals surface area contributed by atoms with Crippen LogP contribution in [-0.2, 0) is 23.9 Å². The average molecular weight is 1000 g/mol. The normalized spacial score (nSPS) is 11.5. The van der Waals surface area contributed by atoms with Gasteiger partial charge in [0.2, 0.25) is 0 Å². The summed E-state index contributed by atoms with van der Waals surface area (Å²) in [4.78, 5) is 34.5. The van der Waals surface area contributed by atoms with E-state index in [2.05, 4.69) is 20.8 Å². The standard InChI is InChI=1S/C39H76O5.C18H36O2.C3H8O3/c1-3-5-7-9-11-13-15-17-19-21-23-25-27-29-31-33-38(41)43-36-37(35-40)44-39(42)34-32-30-28-26-24-22-20-18-16-14-12-10-8-6-4-2;1-2-3-4-5-6-7-8-9-10-11-12-13-14-15-16-17-18(19)20;4-1-3(6)2-5/h37,40H,3-36H2,1-2H3;2-17H2,1H3,(H,19,20);3-6H,1-2H2. The van der Waals surface area contributed by atoms with Gasteiger partial charge in [0.1, 0.15) is 12.7 Å². The predicted octanol–water partition coefficient (Wildman–Crippen LogP) is 16.6. The van der Waals surface area contributed by atoms with E-state index in [1.54, 1.807) is 0 Å².